The van der Waals surface area contributed by atoms with Crippen LogP contribution >= 0.6 is 0 Å². The molecule has 0 saturated carbocycles. The summed E-state index contributed by atoms with van der Waals surface area (Å²) < 4.78 is 2.11. The quantitative estimate of drug-likeness (QED) is 0.748. The molecular weight excluding hydrogens is 322 g/mol. The van der Waals surface area contributed by atoms with Crippen LogP contribution in [0.15, 0.2) is 30.5 Å². The van der Waals surface area contributed by atoms with E-state index in [9.17, 15) is 0 Å². The van der Waals surface area contributed by atoms with Gasteiger partial charge in [-0.15, -0.1) is 0 Å². The largest absolute Gasteiger partial charge is 0.308 e. The van der Waals surface area contributed by atoms with Crippen molar-refractivity contribution in [3.05, 3.63) is 36.2 Å². The Balaban J connectivity index is 1.49. The van der Waals surface area contributed by atoms with Crippen molar-refractivity contribution in [1.29, 1.82) is 0 Å². The average molecular weight is 354 g/mol. The molecule has 26 heavy (non-hydrogen) atoms. The first kappa shape index (κ1) is 17.7. The molecule has 0 radical (unpaired) electrons. The summed E-state index contributed by atoms with van der Waals surface area (Å²) in [6.07, 6.45) is 11.7. The highest BCUT2D eigenvalue weighted by atomic mass is 15.3. The molecule has 2 aromatic heterocycles. The van der Waals surface area contributed by atoms with Crippen LogP contribution in [0.3, 0.4) is 0 Å². The van der Waals surface area contributed by atoms with E-state index in [0.29, 0.717) is 5.92 Å². The Hall–Kier alpha value is -1.72. The van der Waals surface area contributed by atoms with E-state index in [2.05, 4.69) is 51.8 Å². The second kappa shape index (κ2) is 7.89. The predicted molar refractivity (Wildman–Crippen MR) is 106 cm³/mol. The fourth-order valence-electron chi connectivity index (χ4n) is 4.39. The third-order valence-corrected chi connectivity index (χ3v) is 5.85. The van der Waals surface area contributed by atoms with Crippen LogP contribution in [0.1, 0.15) is 37.3 Å². The van der Waals surface area contributed by atoms with Crippen LogP contribution in [0.2, 0.25) is 0 Å². The third-order valence-electron chi connectivity index (χ3n) is 5.85. The molecule has 0 unspecified atom stereocenters. The number of hydrogen-bond donors (Lipinski definition) is 0. The maximum atomic E-state index is 5.01. The second-order valence-corrected chi connectivity index (χ2v) is 8.18. The summed E-state index contributed by atoms with van der Waals surface area (Å²) in [5.74, 6) is 1.39. The Kier molecular flexibility index (Phi) is 5.36. The van der Waals surface area contributed by atoms with Gasteiger partial charge in [-0.2, -0.15) is 5.10 Å². The Morgan fingerprint density at radius 2 is 2.15 bits per heavy atom. The minimum absolute atomic E-state index is 0.543. The van der Waals surface area contributed by atoms with Crippen molar-refractivity contribution in [2.24, 2.45) is 5.92 Å². The summed E-state index contributed by atoms with van der Waals surface area (Å²) in [7, 11) is 4.21. The summed E-state index contributed by atoms with van der Waals surface area (Å²) in [5, 5.41) is 6.26. The van der Waals surface area contributed by atoms with Crippen molar-refractivity contribution < 1.29 is 0 Å². The fourth-order valence-corrected chi connectivity index (χ4v) is 4.39. The van der Waals surface area contributed by atoms with Gasteiger partial charge in [0.15, 0.2) is 5.65 Å². The maximum Gasteiger partial charge on any atom is 0.158 e. The van der Waals surface area contributed by atoms with Crippen LogP contribution < -0.4 is 0 Å². The molecule has 2 atom stereocenters. The molecule has 1 saturated heterocycles. The van der Waals surface area contributed by atoms with E-state index in [1.165, 1.54) is 49.9 Å². The lowest BCUT2D eigenvalue weighted by molar-refractivity contribution is 0.263. The van der Waals surface area contributed by atoms with Crippen LogP contribution in [0.5, 0.6) is 0 Å². The van der Waals surface area contributed by atoms with E-state index in [4.69, 9.17) is 5.10 Å². The van der Waals surface area contributed by atoms with Gasteiger partial charge in [0.1, 0.15) is 0 Å². The Bertz CT molecular complexity index is 763. The highest BCUT2D eigenvalue weighted by Crippen LogP contribution is 2.32. The molecule has 0 bridgehead atoms. The van der Waals surface area contributed by atoms with Gasteiger partial charge in [-0.1, -0.05) is 12.2 Å². The molecular formula is C21H31N5. The smallest absolute Gasteiger partial charge is 0.158 e. The molecule has 2 aliphatic rings. The van der Waals surface area contributed by atoms with Crippen molar-refractivity contribution in [3.63, 3.8) is 0 Å². The van der Waals surface area contributed by atoms with Gasteiger partial charge >= 0.3 is 0 Å². The first-order valence-corrected chi connectivity index (χ1v) is 10.0. The van der Waals surface area contributed by atoms with E-state index in [1.54, 1.807) is 0 Å². The minimum atomic E-state index is 0.543. The molecule has 2 aromatic rings. The SMILES string of the molecule is CN(C)CCn1nc([C@@H]2CCN(C[C@H]3CC=CCC3)C2)c2cccnc21. The molecule has 0 amide bonds. The Morgan fingerprint density at radius 3 is 2.96 bits per heavy atom. The number of likely N-dealkylation sites (N-methyl/N-ethyl adjacent to an activating group) is 1. The van der Waals surface area contributed by atoms with Crippen LogP contribution in [0, 0.1) is 5.92 Å². The third kappa shape index (κ3) is 3.84. The second-order valence-electron chi connectivity index (χ2n) is 8.18. The molecule has 0 spiro atoms. The predicted octanol–water partition coefficient (Wildman–Crippen LogP) is 3.14. The van der Waals surface area contributed by atoms with Crippen LogP contribution in [0.25, 0.3) is 11.0 Å². The lowest BCUT2D eigenvalue weighted by atomic mass is 9.94. The highest BCUT2D eigenvalue weighted by molar-refractivity contribution is 5.78. The summed E-state index contributed by atoms with van der Waals surface area (Å²) in [5.41, 5.74) is 2.30. The summed E-state index contributed by atoms with van der Waals surface area (Å²) in [6, 6.07) is 4.25. The lowest BCUT2D eigenvalue weighted by Gasteiger charge is -2.24. The van der Waals surface area contributed by atoms with Gasteiger partial charge in [-0.3, -0.25) is 0 Å². The lowest BCUT2D eigenvalue weighted by Crippen LogP contribution is -2.28. The van der Waals surface area contributed by atoms with E-state index >= 15 is 0 Å². The van der Waals surface area contributed by atoms with Crippen LogP contribution in [-0.4, -0.2) is 64.8 Å². The Morgan fingerprint density at radius 1 is 1.23 bits per heavy atom. The highest BCUT2D eigenvalue weighted by Gasteiger charge is 2.29. The van der Waals surface area contributed by atoms with Crippen molar-refractivity contribution >= 4 is 11.0 Å². The number of likely N-dealkylation sites (tertiary alicyclic amines) is 1. The van der Waals surface area contributed by atoms with Gasteiger partial charge in [0, 0.05) is 37.1 Å². The molecule has 3 heterocycles. The van der Waals surface area contributed by atoms with E-state index in [-0.39, 0.29) is 0 Å². The van der Waals surface area contributed by atoms with Crippen molar-refractivity contribution in [2.45, 2.75) is 38.1 Å². The number of aromatic nitrogens is 3. The van der Waals surface area contributed by atoms with E-state index < -0.39 is 0 Å². The molecule has 0 aromatic carbocycles. The number of hydrogen-bond acceptors (Lipinski definition) is 4. The van der Waals surface area contributed by atoms with Gasteiger partial charge in [0.05, 0.1) is 12.2 Å². The topological polar surface area (TPSA) is 37.2 Å². The van der Waals surface area contributed by atoms with E-state index in [0.717, 1.165) is 31.2 Å². The van der Waals surface area contributed by atoms with Crippen LogP contribution in [0.4, 0.5) is 0 Å². The maximum absolute atomic E-state index is 5.01. The number of allylic oxidation sites excluding steroid dienone is 2. The van der Waals surface area contributed by atoms with Gasteiger partial charge in [-0.25, -0.2) is 9.67 Å². The first-order chi connectivity index (χ1) is 12.7. The first-order valence-electron chi connectivity index (χ1n) is 10.0. The molecule has 1 aliphatic heterocycles. The number of rotatable bonds is 6. The number of fused-ring (bicyclic) bond motifs is 1. The summed E-state index contributed by atoms with van der Waals surface area (Å²) >= 11 is 0. The molecule has 5 heteroatoms. The summed E-state index contributed by atoms with van der Waals surface area (Å²) in [4.78, 5) is 9.49. The zero-order chi connectivity index (χ0) is 17.9. The van der Waals surface area contributed by atoms with Gasteiger partial charge in [0.25, 0.3) is 0 Å². The van der Waals surface area contributed by atoms with Crippen LogP contribution in [-0.2, 0) is 6.54 Å². The minimum Gasteiger partial charge on any atom is -0.308 e. The van der Waals surface area contributed by atoms with Crippen molar-refractivity contribution in [3.8, 4) is 0 Å². The fraction of sp³-hybridized carbons (Fsp3) is 0.619. The molecule has 1 fully saturated rings. The van der Waals surface area contributed by atoms with Gasteiger partial charge in [0.2, 0.25) is 0 Å². The van der Waals surface area contributed by atoms with Gasteiger partial charge in [-0.05, 0) is 64.4 Å². The molecule has 140 valence electrons. The van der Waals surface area contributed by atoms with E-state index in [1.807, 2.05) is 12.3 Å². The van der Waals surface area contributed by atoms with Crippen molar-refractivity contribution in [2.75, 3.05) is 40.3 Å². The standard InChI is InChI=1S/C21H31N5/c1-24(2)13-14-26-21-19(9-6-11-22-21)20(23-26)18-10-12-25(16-18)15-17-7-4-3-5-8-17/h3-4,6,9,11,17-18H,5,7-8,10,12-16H2,1-2H3/t17-,18+/m0/s1. The normalized spacial score (nSPS) is 24.1. The average Bonchev–Trinajstić information content (AvgIpc) is 3.25. The molecule has 1 aliphatic carbocycles. The van der Waals surface area contributed by atoms with Gasteiger partial charge < -0.3 is 9.80 Å². The summed E-state index contributed by atoms with van der Waals surface area (Å²) in [6.45, 7) is 5.48. The Labute approximate surface area is 156 Å². The van der Waals surface area contributed by atoms with Crippen molar-refractivity contribution in [1.82, 2.24) is 24.6 Å². The molecule has 5 nitrogen and oxygen atoms in total. The molecule has 4 rings (SSSR count). The zero-order valence-corrected chi connectivity index (χ0v) is 16.1. The monoisotopic (exact) mass is 353 g/mol. The number of pyridine rings is 1. The number of nitrogens with zero attached hydrogens (tertiary/aromatic N) is 5. The zero-order valence-electron chi connectivity index (χ0n) is 16.1. The molecule has 0 N–H and O–H groups in total.